The molecule has 1 aromatic rings. The normalized spacial score (nSPS) is 12.8. The zero-order chi connectivity index (χ0) is 10.7. The maximum atomic E-state index is 11.7. The van der Waals surface area contributed by atoms with Crippen LogP contribution >= 0.6 is 15.9 Å². The first-order chi connectivity index (χ1) is 6.61. The average molecular weight is 261 g/mol. The molecule has 0 aliphatic rings. The second-order valence-corrected chi connectivity index (χ2v) is 3.65. The Bertz CT molecular complexity index is 422. The van der Waals surface area contributed by atoms with Crippen molar-refractivity contribution in [1.82, 2.24) is 9.13 Å². The summed E-state index contributed by atoms with van der Waals surface area (Å²) in [5, 5.41) is 0. The molecule has 78 valence electrons. The molecule has 1 rings (SSSR count). The Kier molecular flexibility index (Phi) is 3.69. The maximum absolute atomic E-state index is 11.7. The number of rotatable bonds is 3. The fourth-order valence-electron chi connectivity index (χ4n) is 1.21. The summed E-state index contributed by atoms with van der Waals surface area (Å²) in [7, 11) is 0. The molecular weight excluding hydrogens is 248 g/mol. The Balaban J connectivity index is 3.41. The average Bonchev–Trinajstić information content (AvgIpc) is 2.18. The summed E-state index contributed by atoms with van der Waals surface area (Å²) in [6, 6.07) is 1.36. The van der Waals surface area contributed by atoms with E-state index in [-0.39, 0.29) is 17.3 Å². The van der Waals surface area contributed by atoms with Gasteiger partial charge in [0.05, 0.1) is 5.45 Å². The van der Waals surface area contributed by atoms with Gasteiger partial charge in [0.15, 0.2) is 0 Å². The first kappa shape index (κ1) is 11.2. The van der Waals surface area contributed by atoms with Gasteiger partial charge in [0.25, 0.3) is 5.56 Å². The fourth-order valence-corrected chi connectivity index (χ4v) is 1.59. The Labute approximate surface area is 90.3 Å². The van der Waals surface area contributed by atoms with Gasteiger partial charge in [-0.15, -0.1) is 0 Å². The zero-order valence-electron chi connectivity index (χ0n) is 8.24. The lowest BCUT2D eigenvalue weighted by atomic mass is 10.2. The summed E-state index contributed by atoms with van der Waals surface area (Å²) in [6.07, 6.45) is 2.26. The molecule has 5 heteroatoms. The predicted octanol–water partition coefficient (Wildman–Crippen LogP) is 1.33. The van der Waals surface area contributed by atoms with Crippen LogP contribution in [0.4, 0.5) is 0 Å². The summed E-state index contributed by atoms with van der Waals surface area (Å²) in [6.45, 7) is 3.81. The van der Waals surface area contributed by atoms with Crippen molar-refractivity contribution in [1.29, 1.82) is 0 Å². The molecule has 0 amide bonds. The monoisotopic (exact) mass is 260 g/mol. The van der Waals surface area contributed by atoms with Crippen molar-refractivity contribution in [2.24, 2.45) is 0 Å². The van der Waals surface area contributed by atoms with E-state index in [0.717, 1.165) is 6.42 Å². The Morgan fingerprint density at radius 3 is 2.64 bits per heavy atom. The topological polar surface area (TPSA) is 44.0 Å². The maximum Gasteiger partial charge on any atom is 0.331 e. The summed E-state index contributed by atoms with van der Waals surface area (Å²) >= 11 is 3.19. The molecular formula is C9H13BrN2O2. The zero-order valence-corrected chi connectivity index (χ0v) is 9.82. The molecule has 1 unspecified atom stereocenters. The molecule has 0 saturated heterocycles. The highest BCUT2D eigenvalue weighted by atomic mass is 79.9. The highest BCUT2D eigenvalue weighted by molar-refractivity contribution is 9.08. The minimum Gasteiger partial charge on any atom is -0.290 e. The molecule has 0 radical (unpaired) electrons. The molecule has 14 heavy (non-hydrogen) atoms. The second-order valence-electron chi connectivity index (χ2n) is 3.15. The smallest absolute Gasteiger partial charge is 0.290 e. The third kappa shape index (κ3) is 1.97. The van der Waals surface area contributed by atoms with Gasteiger partial charge in [-0.1, -0.05) is 22.9 Å². The van der Waals surface area contributed by atoms with Crippen LogP contribution in [-0.4, -0.2) is 9.13 Å². The van der Waals surface area contributed by atoms with Gasteiger partial charge in [-0.2, -0.15) is 0 Å². The van der Waals surface area contributed by atoms with Crippen molar-refractivity contribution in [3.8, 4) is 0 Å². The molecule has 0 fully saturated rings. The van der Waals surface area contributed by atoms with Crippen molar-refractivity contribution >= 4 is 15.9 Å². The van der Waals surface area contributed by atoms with Crippen LogP contribution in [0, 0.1) is 0 Å². The van der Waals surface area contributed by atoms with Crippen LogP contribution in [0.15, 0.2) is 21.9 Å². The molecule has 1 heterocycles. The Hall–Kier alpha value is -0.840. The first-order valence-corrected chi connectivity index (χ1v) is 5.62. The summed E-state index contributed by atoms with van der Waals surface area (Å²) in [4.78, 5) is 23.2. The molecule has 0 N–H and O–H groups in total. The van der Waals surface area contributed by atoms with Crippen LogP contribution < -0.4 is 11.2 Å². The van der Waals surface area contributed by atoms with Crippen LogP contribution in [-0.2, 0) is 5.45 Å². The number of nitrogens with zero attached hydrogens (tertiary/aromatic N) is 2. The van der Waals surface area contributed by atoms with Crippen LogP contribution in [0.1, 0.15) is 26.3 Å². The number of alkyl halides is 1. The molecule has 1 atom stereocenters. The largest absolute Gasteiger partial charge is 0.331 e. The molecule has 1 aromatic heterocycles. The molecule has 4 nitrogen and oxygen atoms in total. The van der Waals surface area contributed by atoms with E-state index in [1.807, 2.05) is 13.8 Å². The summed E-state index contributed by atoms with van der Waals surface area (Å²) < 4.78 is 2.73. The van der Waals surface area contributed by atoms with Gasteiger partial charge in [0, 0.05) is 18.3 Å². The van der Waals surface area contributed by atoms with E-state index in [1.165, 1.54) is 21.4 Å². The Morgan fingerprint density at radius 2 is 2.14 bits per heavy atom. The van der Waals surface area contributed by atoms with Crippen molar-refractivity contribution in [3.05, 3.63) is 33.1 Å². The number of aromatic nitrogens is 2. The van der Waals surface area contributed by atoms with Crippen LogP contribution in [0.3, 0.4) is 0 Å². The lowest BCUT2D eigenvalue weighted by molar-refractivity contribution is 0.473. The quantitative estimate of drug-likeness (QED) is 0.770. The van der Waals surface area contributed by atoms with E-state index in [9.17, 15) is 9.59 Å². The van der Waals surface area contributed by atoms with E-state index < -0.39 is 0 Å². The van der Waals surface area contributed by atoms with E-state index in [0.29, 0.717) is 5.45 Å². The van der Waals surface area contributed by atoms with Gasteiger partial charge in [0.1, 0.15) is 0 Å². The van der Waals surface area contributed by atoms with Crippen molar-refractivity contribution in [3.63, 3.8) is 0 Å². The van der Waals surface area contributed by atoms with Gasteiger partial charge >= 0.3 is 5.69 Å². The SMILES string of the molecule is CCC(C)n1c(=O)ccn(CBr)c1=O. The van der Waals surface area contributed by atoms with E-state index >= 15 is 0 Å². The lowest BCUT2D eigenvalue weighted by Crippen LogP contribution is -2.40. The first-order valence-electron chi connectivity index (χ1n) is 4.49. The van der Waals surface area contributed by atoms with Gasteiger partial charge in [-0.05, 0) is 13.3 Å². The predicted molar refractivity (Wildman–Crippen MR) is 58.9 cm³/mol. The minimum absolute atomic E-state index is 0.0542. The van der Waals surface area contributed by atoms with E-state index in [1.54, 1.807) is 0 Å². The fraction of sp³-hybridized carbons (Fsp3) is 0.556. The van der Waals surface area contributed by atoms with Gasteiger partial charge in [-0.3, -0.25) is 13.9 Å². The van der Waals surface area contributed by atoms with Crippen molar-refractivity contribution in [2.45, 2.75) is 31.8 Å². The third-order valence-corrected chi connectivity index (χ3v) is 2.79. The number of hydrogen-bond donors (Lipinski definition) is 0. The van der Waals surface area contributed by atoms with Crippen LogP contribution in [0.25, 0.3) is 0 Å². The van der Waals surface area contributed by atoms with Crippen LogP contribution in [0.5, 0.6) is 0 Å². The molecule has 0 aliphatic heterocycles. The molecule has 0 spiro atoms. The van der Waals surface area contributed by atoms with Crippen LogP contribution in [0.2, 0.25) is 0 Å². The summed E-state index contributed by atoms with van der Waals surface area (Å²) in [5.74, 6) is 0. The highest BCUT2D eigenvalue weighted by Crippen LogP contribution is 2.02. The lowest BCUT2D eigenvalue weighted by Gasteiger charge is -2.12. The van der Waals surface area contributed by atoms with Crippen molar-refractivity contribution < 1.29 is 0 Å². The van der Waals surface area contributed by atoms with E-state index in [4.69, 9.17) is 0 Å². The highest BCUT2D eigenvalue weighted by Gasteiger charge is 2.09. The molecule has 0 aromatic carbocycles. The van der Waals surface area contributed by atoms with Gasteiger partial charge in [0.2, 0.25) is 0 Å². The molecule has 0 saturated carbocycles. The number of hydrogen-bond acceptors (Lipinski definition) is 2. The number of halogens is 1. The minimum atomic E-state index is -0.260. The van der Waals surface area contributed by atoms with Crippen molar-refractivity contribution in [2.75, 3.05) is 0 Å². The third-order valence-electron chi connectivity index (χ3n) is 2.25. The van der Waals surface area contributed by atoms with E-state index in [2.05, 4.69) is 15.9 Å². The summed E-state index contributed by atoms with van der Waals surface area (Å²) in [5.41, 5.74) is -0.0898. The second kappa shape index (κ2) is 4.59. The Morgan fingerprint density at radius 1 is 1.50 bits per heavy atom. The van der Waals surface area contributed by atoms with Gasteiger partial charge in [-0.25, -0.2) is 4.79 Å². The molecule has 0 bridgehead atoms. The van der Waals surface area contributed by atoms with Gasteiger partial charge < -0.3 is 0 Å². The standard InChI is InChI=1S/C9H13BrN2O2/c1-3-7(2)12-8(13)4-5-11(6-10)9(12)14/h4-5,7H,3,6H2,1-2H3. The molecule has 0 aliphatic carbocycles.